The van der Waals surface area contributed by atoms with Crippen molar-refractivity contribution in [1.82, 2.24) is 21.3 Å². The van der Waals surface area contributed by atoms with Gasteiger partial charge in [0.2, 0.25) is 5.91 Å². The molecular weight excluding hydrogens is 698 g/mol. The zero-order valence-corrected chi connectivity index (χ0v) is 22.9. The predicted octanol–water partition coefficient (Wildman–Crippen LogP) is 0.556. The second-order valence-corrected chi connectivity index (χ2v) is 11.1. The molecule has 0 aromatic rings. The number of halogens is 1. The van der Waals surface area contributed by atoms with Crippen LogP contribution in [0.3, 0.4) is 0 Å². The van der Waals surface area contributed by atoms with Crippen LogP contribution >= 0.6 is 34.4 Å². The first-order valence-corrected chi connectivity index (χ1v) is 13.6. The maximum absolute atomic E-state index is 11.7. The quantitative estimate of drug-likeness (QED) is 0.141. The molecule has 2 aliphatic heterocycles. The molecule has 1 unspecified atom stereocenters. The van der Waals surface area contributed by atoms with Gasteiger partial charge >= 0.3 is 111 Å². The van der Waals surface area contributed by atoms with Crippen molar-refractivity contribution in [1.29, 1.82) is 0 Å². The summed E-state index contributed by atoms with van der Waals surface area (Å²) in [7, 11) is 0. The van der Waals surface area contributed by atoms with E-state index in [0.29, 0.717) is 41.3 Å². The molecular formula is C14H22IN4O3RfS. The molecule has 3 atom stereocenters. The van der Waals surface area contributed by atoms with Gasteiger partial charge in [0.15, 0.2) is 0 Å². The van der Waals surface area contributed by atoms with Gasteiger partial charge in [-0.1, -0.05) is 22.6 Å². The summed E-state index contributed by atoms with van der Waals surface area (Å²) >= 11 is 3.96. The molecule has 24 heavy (non-hydrogen) atoms. The van der Waals surface area contributed by atoms with Crippen LogP contribution in [0.25, 0.3) is 0 Å². The van der Waals surface area contributed by atoms with Gasteiger partial charge in [0.25, 0.3) is 0 Å². The summed E-state index contributed by atoms with van der Waals surface area (Å²) in [5.41, 5.74) is 0. The van der Waals surface area contributed by atoms with Crippen molar-refractivity contribution in [3.63, 3.8) is 0 Å². The van der Waals surface area contributed by atoms with E-state index in [1.807, 2.05) is 39.7 Å². The van der Waals surface area contributed by atoms with Crippen LogP contribution in [0.5, 0.6) is 0 Å². The first-order chi connectivity index (χ1) is 11.5. The van der Waals surface area contributed by atoms with E-state index in [2.05, 4.69) is 16.0 Å². The standard InChI is InChI=1S/C14H23IN4O3S.Rf/c15-7-12(21)17-6-5-16-11(20)4-2-1-3-10-13-9(8-23-10)18-14(22)19-13;/h9-10,13H,1-8H2,(H4,16,17,18,19,20,21,22);/q;+1/p-1/t9-,10?,13-;/m0./s1. The minimum atomic E-state index is -0.00844. The summed E-state index contributed by atoms with van der Waals surface area (Å²) in [6.07, 6.45) is 3.44. The number of rotatable bonds is 9. The third-order valence-corrected chi connectivity index (χ3v) is 9.89. The number of nitrogens with one attached hydrogen (secondary N) is 3. The van der Waals surface area contributed by atoms with Crippen molar-refractivity contribution in [2.45, 2.75) is 43.0 Å². The zero-order valence-electron chi connectivity index (χ0n) is 13.6. The summed E-state index contributed by atoms with van der Waals surface area (Å²) in [5.74, 6) is 1.08. The van der Waals surface area contributed by atoms with Crippen molar-refractivity contribution in [2.24, 2.45) is 0 Å². The van der Waals surface area contributed by atoms with E-state index in [4.69, 9.17) is 0 Å². The van der Waals surface area contributed by atoms with E-state index in [1.54, 1.807) is 0 Å². The minimum absolute atomic E-state index is 0.00844. The van der Waals surface area contributed by atoms with E-state index in [-0.39, 0.29) is 17.8 Å². The van der Waals surface area contributed by atoms with Crippen LogP contribution < -0.4 is 16.0 Å². The third-order valence-electron chi connectivity index (χ3n) is 4.28. The second-order valence-electron chi connectivity index (χ2n) is 5.96. The van der Waals surface area contributed by atoms with E-state index in [1.165, 1.54) is 0 Å². The number of hydrogen-bond acceptors (Lipinski definition) is 4. The third kappa shape index (κ3) is 4.89. The zero-order chi connectivity index (χ0) is 17.5. The monoisotopic (exact) mass is 720 g/mol. The maximum atomic E-state index is 11.7. The Balaban J connectivity index is 1.53. The van der Waals surface area contributed by atoms with Gasteiger partial charge in [-0.05, 0) is 0 Å². The molecule has 0 aliphatic carbocycles. The van der Waals surface area contributed by atoms with Crippen molar-refractivity contribution in [3.8, 4) is 0 Å². The Hall–Kier alpha value is -1.71. The van der Waals surface area contributed by atoms with Gasteiger partial charge in [-0.25, -0.2) is 0 Å². The van der Waals surface area contributed by atoms with E-state index < -0.39 is 0 Å². The summed E-state index contributed by atoms with van der Waals surface area (Å²) in [4.78, 5) is 34.5. The van der Waals surface area contributed by atoms with E-state index in [0.717, 1.165) is 25.0 Å². The number of carbonyl (C=O) groups is 3. The number of thioether (sulfide) groups is 1. The van der Waals surface area contributed by atoms with Gasteiger partial charge in [-0.2, -0.15) is 0 Å². The fraction of sp³-hybridized carbons (Fsp3) is 0.786. The molecule has 0 aromatic heterocycles. The van der Waals surface area contributed by atoms with Gasteiger partial charge in [0, 0.05) is 0 Å². The molecule has 2 aliphatic rings. The van der Waals surface area contributed by atoms with Crippen molar-refractivity contribution in [3.05, 3.63) is 0 Å². The molecule has 2 saturated heterocycles. The Morgan fingerprint density at radius 2 is 2.00 bits per heavy atom. The van der Waals surface area contributed by atoms with Crippen LogP contribution in [0.15, 0.2) is 0 Å². The molecule has 131 valence electrons. The van der Waals surface area contributed by atoms with Gasteiger partial charge in [0.1, 0.15) is 0 Å². The molecule has 2 heterocycles. The molecule has 0 aromatic carbocycles. The van der Waals surface area contributed by atoms with Gasteiger partial charge in [0.05, 0.1) is 4.43 Å². The molecule has 0 spiro atoms. The number of nitrogens with zero attached hydrogens (tertiary/aromatic N) is 1. The Morgan fingerprint density at radius 3 is 2.71 bits per heavy atom. The molecule has 2 fully saturated rings. The number of urea groups is 1. The molecule has 10 heteroatoms. The number of alkyl halides is 1. The van der Waals surface area contributed by atoms with Crippen LogP contribution in [0.1, 0.15) is 25.7 Å². The number of unbranched alkanes of at least 4 members (excludes halogenated alkanes) is 1. The molecule has 7 nitrogen and oxygen atoms in total. The molecule has 0 saturated carbocycles. The topological polar surface area (TPSA) is 90.5 Å². The number of carbonyl (C=O) groups excluding carboxylic acids is 3. The predicted molar refractivity (Wildman–Crippen MR) is 97.6 cm³/mol. The van der Waals surface area contributed by atoms with Crippen molar-refractivity contribution in [2.75, 3.05) is 23.3 Å². The van der Waals surface area contributed by atoms with E-state index in [9.17, 15) is 14.4 Å². The van der Waals surface area contributed by atoms with Crippen molar-refractivity contribution >= 4 is 52.2 Å². The molecule has 3 N–H and O–H groups in total. The first kappa shape index (κ1) is 18.6. The van der Waals surface area contributed by atoms with Crippen LogP contribution in [0.2, 0.25) is 0 Å². The average Bonchev–Trinajstić information content (AvgIpc) is 3.09. The van der Waals surface area contributed by atoms with Crippen LogP contribution in [-0.4, -0.2) is 63.8 Å². The second kappa shape index (κ2) is 8.95. The normalized spacial score (nSPS) is 25.4. The summed E-state index contributed by atoms with van der Waals surface area (Å²) in [6, 6.07) is 0.836. The molecule has 0 radical (unpaired) electrons. The Kier molecular flexibility index (Phi) is 6.95. The Bertz CT molecular complexity index is 485. The fourth-order valence-corrected chi connectivity index (χ4v) is 7.72. The van der Waals surface area contributed by atoms with Crippen molar-refractivity contribution < 1.29 is 14.4 Å². The van der Waals surface area contributed by atoms with E-state index >= 15 is 0 Å². The fourth-order valence-electron chi connectivity index (χ4n) is 2.96. The SMILES string of the molecule is O=C(CI)NCCNC(=O)CCCCC1SC[C@H]2[C@@H]1NC(=O)[N]2[Rf]. The number of fused-ring (bicyclic) bond motifs is 1. The van der Waals surface area contributed by atoms with Gasteiger partial charge in [-0.15, -0.1) is 0 Å². The molecule has 2 rings (SSSR count). The summed E-state index contributed by atoms with van der Waals surface area (Å²) < 4.78 is 0.672. The Morgan fingerprint density at radius 1 is 1.29 bits per heavy atom. The number of amides is 4. The number of hydrogen-bond donors (Lipinski definition) is 3. The summed E-state index contributed by atoms with van der Waals surface area (Å²) in [5, 5.41) is 11.2. The van der Waals surface area contributed by atoms with Crippen LogP contribution in [-0.2, 0) is 9.59 Å². The van der Waals surface area contributed by atoms with Crippen LogP contribution in [0, 0.1) is 0 Å². The van der Waals surface area contributed by atoms with Crippen LogP contribution in [0.4, 0.5) is 4.79 Å². The molecule has 0 bridgehead atoms. The van der Waals surface area contributed by atoms with Gasteiger partial charge < -0.3 is 5.32 Å². The van der Waals surface area contributed by atoms with Gasteiger partial charge in [-0.3, -0.25) is 4.79 Å². The summed E-state index contributed by atoms with van der Waals surface area (Å²) in [6.45, 7) is 0.960. The average molecular weight is 720 g/mol. The molecule has 4 amide bonds. The Labute approximate surface area is 154 Å². The first-order valence-electron chi connectivity index (χ1n) is 8.14.